The van der Waals surface area contributed by atoms with Gasteiger partial charge in [-0.3, -0.25) is 19.2 Å². The third kappa shape index (κ3) is 13.1. The van der Waals surface area contributed by atoms with Gasteiger partial charge in [-0.1, -0.05) is 17.7 Å². The van der Waals surface area contributed by atoms with Crippen molar-refractivity contribution in [3.8, 4) is 5.75 Å². The van der Waals surface area contributed by atoms with Crippen molar-refractivity contribution in [1.82, 2.24) is 0 Å². The number of carboxylic acids is 2. The molecule has 0 amide bonds. The number of benzene rings is 1. The van der Waals surface area contributed by atoms with Crippen LogP contribution in [0.2, 0.25) is 5.02 Å². The van der Waals surface area contributed by atoms with E-state index in [0.29, 0.717) is 36.0 Å². The lowest BCUT2D eigenvalue weighted by Crippen LogP contribution is -2.48. The number of hydrogen-bond acceptors (Lipinski definition) is 10. The van der Waals surface area contributed by atoms with Gasteiger partial charge >= 0.3 is 11.9 Å². The SMILES string of the molecule is CC(=O)O.CC(=O)O.COC1(c2ccc(Cl)c(OC3CCOCC3)c2)CC(OC(C)=O)CC(COC(C)=O)O1. The van der Waals surface area contributed by atoms with Crippen molar-refractivity contribution in [3.63, 3.8) is 0 Å². The Balaban J connectivity index is 0.000000838. The largest absolute Gasteiger partial charge is 0.489 e. The van der Waals surface area contributed by atoms with Gasteiger partial charge in [0.05, 0.1) is 24.3 Å². The number of esters is 2. The minimum Gasteiger partial charge on any atom is -0.489 e. The molecule has 0 saturated carbocycles. The highest BCUT2D eigenvalue weighted by molar-refractivity contribution is 6.32. The molecular formula is C26H37ClO12. The monoisotopic (exact) mass is 576 g/mol. The van der Waals surface area contributed by atoms with Gasteiger partial charge in [-0.2, -0.15) is 0 Å². The van der Waals surface area contributed by atoms with Crippen LogP contribution in [0, 0.1) is 0 Å². The van der Waals surface area contributed by atoms with Gasteiger partial charge in [-0.25, -0.2) is 0 Å². The molecule has 1 aromatic rings. The van der Waals surface area contributed by atoms with Gasteiger partial charge in [0, 0.05) is 66.1 Å². The van der Waals surface area contributed by atoms with Crippen molar-refractivity contribution in [2.45, 2.75) is 77.5 Å². The summed E-state index contributed by atoms with van der Waals surface area (Å²) in [5.74, 6) is -3.18. The summed E-state index contributed by atoms with van der Waals surface area (Å²) in [7, 11) is 1.52. The summed E-state index contributed by atoms with van der Waals surface area (Å²) in [5, 5.41) is 15.3. The number of halogens is 1. The second-order valence-electron chi connectivity index (χ2n) is 8.78. The van der Waals surface area contributed by atoms with Crippen LogP contribution in [0.3, 0.4) is 0 Å². The topological polar surface area (TPSA) is 164 Å². The number of rotatable bonds is 7. The van der Waals surface area contributed by atoms with E-state index >= 15 is 0 Å². The number of carboxylic acid groups (broad SMARTS) is 2. The van der Waals surface area contributed by atoms with E-state index < -0.39 is 41.9 Å². The van der Waals surface area contributed by atoms with Crippen LogP contribution in [-0.4, -0.2) is 79.3 Å². The number of carbonyl (C=O) groups is 4. The molecule has 2 aliphatic rings. The Morgan fingerprint density at radius 3 is 2.10 bits per heavy atom. The maximum Gasteiger partial charge on any atom is 0.302 e. The zero-order valence-corrected chi connectivity index (χ0v) is 23.5. The van der Waals surface area contributed by atoms with Crippen LogP contribution < -0.4 is 4.74 Å². The van der Waals surface area contributed by atoms with Crippen LogP contribution in [0.25, 0.3) is 0 Å². The summed E-state index contributed by atoms with van der Waals surface area (Å²) in [6.45, 7) is 6.17. The van der Waals surface area contributed by atoms with E-state index in [0.717, 1.165) is 26.7 Å². The second kappa shape index (κ2) is 16.9. The van der Waals surface area contributed by atoms with E-state index in [2.05, 4.69) is 0 Å². The van der Waals surface area contributed by atoms with Gasteiger partial charge in [-0.15, -0.1) is 0 Å². The predicted octanol–water partition coefficient (Wildman–Crippen LogP) is 3.55. The molecule has 2 heterocycles. The standard InChI is InChI=1S/C22H29ClO8.2C2H4O2/c1-14(24)28-13-19-11-18(29-15(2)25)12-22(26-3,31-19)16-4-5-20(23)21(10-16)30-17-6-8-27-9-7-17;2*1-2(3)4/h4-5,10,17-19H,6-9,11-13H2,1-3H3;2*1H3,(H,3,4). The molecule has 2 saturated heterocycles. The van der Waals surface area contributed by atoms with E-state index in [4.69, 9.17) is 59.8 Å². The van der Waals surface area contributed by atoms with Crippen molar-refractivity contribution in [3.05, 3.63) is 28.8 Å². The molecule has 39 heavy (non-hydrogen) atoms. The fourth-order valence-corrected chi connectivity index (χ4v) is 4.08. The lowest BCUT2D eigenvalue weighted by molar-refractivity contribution is -0.300. The zero-order chi connectivity index (χ0) is 29.6. The molecule has 13 heteroatoms. The van der Waals surface area contributed by atoms with Gasteiger partial charge in [0.1, 0.15) is 24.6 Å². The smallest absolute Gasteiger partial charge is 0.302 e. The first-order valence-electron chi connectivity index (χ1n) is 12.2. The van der Waals surface area contributed by atoms with Crippen LogP contribution in [-0.2, 0) is 48.6 Å². The molecule has 2 N–H and O–H groups in total. The summed E-state index contributed by atoms with van der Waals surface area (Å²) >= 11 is 6.39. The van der Waals surface area contributed by atoms with Gasteiger partial charge in [-0.05, 0) is 12.1 Å². The van der Waals surface area contributed by atoms with E-state index in [1.807, 2.05) is 0 Å². The van der Waals surface area contributed by atoms with Crippen molar-refractivity contribution >= 4 is 35.5 Å². The van der Waals surface area contributed by atoms with E-state index in [9.17, 15) is 9.59 Å². The molecule has 0 bridgehead atoms. The summed E-state index contributed by atoms with van der Waals surface area (Å²) < 4.78 is 34.2. The third-order valence-corrected chi connectivity index (χ3v) is 5.66. The van der Waals surface area contributed by atoms with Crippen LogP contribution in [0.15, 0.2) is 18.2 Å². The molecule has 3 rings (SSSR count). The molecule has 1 aromatic carbocycles. The lowest BCUT2D eigenvalue weighted by atomic mass is 9.92. The second-order valence-corrected chi connectivity index (χ2v) is 9.19. The highest BCUT2D eigenvalue weighted by Gasteiger charge is 2.45. The molecular weight excluding hydrogens is 540 g/mol. The summed E-state index contributed by atoms with van der Waals surface area (Å²) in [4.78, 5) is 40.9. The molecule has 0 aromatic heterocycles. The molecule has 0 spiro atoms. The lowest BCUT2D eigenvalue weighted by Gasteiger charge is -2.43. The molecule has 0 aliphatic carbocycles. The number of hydrogen-bond donors (Lipinski definition) is 2. The Kier molecular flexibility index (Phi) is 14.8. The first kappa shape index (κ1) is 34.1. The predicted molar refractivity (Wildman–Crippen MR) is 138 cm³/mol. The van der Waals surface area contributed by atoms with Crippen LogP contribution in [0.5, 0.6) is 5.75 Å². The summed E-state index contributed by atoms with van der Waals surface area (Å²) in [5.41, 5.74) is 0.672. The molecule has 3 unspecified atom stereocenters. The number of ether oxygens (including phenoxy) is 6. The fourth-order valence-electron chi connectivity index (χ4n) is 3.92. The van der Waals surface area contributed by atoms with Gasteiger partial charge in [0.2, 0.25) is 0 Å². The Hall–Kier alpha value is -2.93. The quantitative estimate of drug-likeness (QED) is 0.454. The van der Waals surface area contributed by atoms with Crippen molar-refractivity contribution in [2.75, 3.05) is 26.9 Å². The van der Waals surface area contributed by atoms with Crippen molar-refractivity contribution in [1.29, 1.82) is 0 Å². The van der Waals surface area contributed by atoms with Crippen LogP contribution in [0.4, 0.5) is 0 Å². The van der Waals surface area contributed by atoms with Crippen molar-refractivity contribution < 1.29 is 57.8 Å². The molecule has 0 radical (unpaired) electrons. The Morgan fingerprint density at radius 2 is 1.59 bits per heavy atom. The Morgan fingerprint density at radius 1 is 1.00 bits per heavy atom. The molecule has 2 fully saturated rings. The highest BCUT2D eigenvalue weighted by atomic mass is 35.5. The van der Waals surface area contributed by atoms with E-state index in [-0.39, 0.29) is 19.1 Å². The van der Waals surface area contributed by atoms with Gasteiger partial charge in [0.15, 0.2) is 5.79 Å². The minimum absolute atomic E-state index is 0.0118. The number of methoxy groups -OCH3 is 1. The first-order valence-corrected chi connectivity index (χ1v) is 12.6. The van der Waals surface area contributed by atoms with Crippen molar-refractivity contribution in [2.24, 2.45) is 0 Å². The van der Waals surface area contributed by atoms with E-state index in [1.165, 1.54) is 21.0 Å². The molecule has 3 atom stereocenters. The first-order chi connectivity index (χ1) is 18.3. The molecule has 12 nitrogen and oxygen atoms in total. The summed E-state index contributed by atoms with van der Waals surface area (Å²) in [6.07, 6.45) is 1.25. The van der Waals surface area contributed by atoms with Gasteiger partial charge in [0.25, 0.3) is 11.9 Å². The average Bonchev–Trinajstić information content (AvgIpc) is 2.83. The Bertz CT molecular complexity index is 942. The maximum absolute atomic E-state index is 11.6. The third-order valence-electron chi connectivity index (χ3n) is 5.35. The van der Waals surface area contributed by atoms with Crippen LogP contribution in [0.1, 0.15) is 58.9 Å². The minimum atomic E-state index is -1.22. The average molecular weight is 577 g/mol. The molecule has 220 valence electrons. The maximum atomic E-state index is 11.6. The Labute approximate surface area is 232 Å². The van der Waals surface area contributed by atoms with E-state index in [1.54, 1.807) is 18.2 Å². The molecule has 2 aliphatic heterocycles. The fraction of sp³-hybridized carbons (Fsp3) is 0.615. The van der Waals surface area contributed by atoms with Gasteiger partial charge < -0.3 is 38.6 Å². The number of aliphatic carboxylic acids is 2. The van der Waals surface area contributed by atoms with Crippen LogP contribution >= 0.6 is 11.6 Å². The highest BCUT2D eigenvalue weighted by Crippen LogP contribution is 2.42. The normalized spacial score (nSPS) is 22.6. The number of carbonyl (C=O) groups excluding carboxylic acids is 2. The zero-order valence-electron chi connectivity index (χ0n) is 22.8. The summed E-state index contributed by atoms with van der Waals surface area (Å²) in [6, 6.07) is 5.31.